The molecule has 0 fully saturated rings. The van der Waals surface area contributed by atoms with Gasteiger partial charge >= 0.3 is 0 Å². The number of phenols is 2. The molecule has 3 N–H and O–H groups in total. The lowest BCUT2D eigenvalue weighted by Crippen LogP contribution is -2.39. The SMILES string of the molecule is O=S(=O)(O)C(c1ccccc1Cl)(c1cccc(Cl)c1O)c1ccc(Cl)c(O)c1Cl. The quantitative estimate of drug-likeness (QED) is 0.311. The van der Waals surface area contributed by atoms with Crippen molar-refractivity contribution < 1.29 is 23.2 Å². The van der Waals surface area contributed by atoms with E-state index in [1.54, 1.807) is 6.07 Å². The fraction of sp³-hybridized carbons (Fsp3) is 0.0526. The van der Waals surface area contributed by atoms with Crippen LogP contribution < -0.4 is 0 Å². The van der Waals surface area contributed by atoms with Crippen molar-refractivity contribution in [2.24, 2.45) is 0 Å². The summed E-state index contributed by atoms with van der Waals surface area (Å²) in [6.07, 6.45) is 0. The molecule has 3 aromatic carbocycles. The molecule has 0 aromatic heterocycles. The van der Waals surface area contributed by atoms with Crippen molar-refractivity contribution in [1.82, 2.24) is 0 Å². The number of hydrogen-bond acceptors (Lipinski definition) is 4. The number of halogens is 4. The highest BCUT2D eigenvalue weighted by Gasteiger charge is 2.53. The molecule has 0 heterocycles. The Balaban J connectivity index is 2.66. The third-order valence-corrected chi connectivity index (χ3v) is 7.21. The van der Waals surface area contributed by atoms with Crippen LogP contribution >= 0.6 is 46.4 Å². The minimum Gasteiger partial charge on any atom is -0.506 e. The summed E-state index contributed by atoms with van der Waals surface area (Å²) in [5, 5.41) is 20.1. The van der Waals surface area contributed by atoms with Gasteiger partial charge in [-0.1, -0.05) is 82.8 Å². The van der Waals surface area contributed by atoms with E-state index in [1.807, 2.05) is 0 Å². The fourth-order valence-corrected chi connectivity index (χ4v) is 5.63. The molecule has 10 heteroatoms. The topological polar surface area (TPSA) is 94.8 Å². The van der Waals surface area contributed by atoms with Gasteiger partial charge in [0.1, 0.15) is 5.75 Å². The molecule has 0 bridgehead atoms. The zero-order valence-electron chi connectivity index (χ0n) is 14.3. The number of hydrogen-bond donors (Lipinski definition) is 3. The van der Waals surface area contributed by atoms with Crippen molar-refractivity contribution in [3.63, 3.8) is 0 Å². The molecule has 5 nitrogen and oxygen atoms in total. The van der Waals surface area contributed by atoms with Crippen molar-refractivity contribution in [3.05, 3.63) is 91.4 Å². The maximum absolute atomic E-state index is 13.0. The largest absolute Gasteiger partial charge is 0.506 e. The first-order chi connectivity index (χ1) is 13.5. The van der Waals surface area contributed by atoms with Gasteiger partial charge in [0.25, 0.3) is 10.1 Å². The Bertz CT molecular complexity index is 1210. The Morgan fingerprint density at radius 1 is 0.655 bits per heavy atom. The molecule has 0 saturated heterocycles. The highest BCUT2D eigenvalue weighted by atomic mass is 35.5. The maximum Gasteiger partial charge on any atom is 0.283 e. The van der Waals surface area contributed by atoms with Gasteiger partial charge in [-0.2, -0.15) is 8.42 Å². The second-order valence-electron chi connectivity index (χ2n) is 6.03. The van der Waals surface area contributed by atoms with Gasteiger partial charge in [0.05, 0.1) is 15.1 Å². The second kappa shape index (κ2) is 7.87. The van der Waals surface area contributed by atoms with E-state index in [-0.39, 0.29) is 31.8 Å². The van der Waals surface area contributed by atoms with Crippen LogP contribution in [0.4, 0.5) is 0 Å². The number of para-hydroxylation sites is 1. The predicted octanol–water partition coefficient (Wildman–Crippen LogP) is 5.89. The number of aromatic hydroxyl groups is 2. The van der Waals surface area contributed by atoms with Crippen LogP contribution in [0.15, 0.2) is 54.6 Å². The van der Waals surface area contributed by atoms with E-state index in [0.29, 0.717) is 0 Å². The maximum atomic E-state index is 13.0. The fourth-order valence-electron chi connectivity index (χ4n) is 3.21. The van der Waals surface area contributed by atoms with E-state index in [2.05, 4.69) is 0 Å². The Kier molecular flexibility index (Phi) is 5.98. The highest BCUT2D eigenvalue weighted by molar-refractivity contribution is 7.87. The molecular weight excluding hydrogens is 482 g/mol. The summed E-state index contributed by atoms with van der Waals surface area (Å²) in [7, 11) is -5.14. The molecule has 29 heavy (non-hydrogen) atoms. The molecule has 1 unspecified atom stereocenters. The van der Waals surface area contributed by atoms with Crippen molar-refractivity contribution >= 4 is 56.5 Å². The zero-order chi connectivity index (χ0) is 21.6. The van der Waals surface area contributed by atoms with Crippen LogP contribution in [0.25, 0.3) is 0 Å². The van der Waals surface area contributed by atoms with Crippen molar-refractivity contribution in [1.29, 1.82) is 0 Å². The van der Waals surface area contributed by atoms with Gasteiger partial charge in [0.2, 0.25) is 0 Å². The highest BCUT2D eigenvalue weighted by Crippen LogP contribution is 2.53. The normalized spacial score (nSPS) is 13.8. The van der Waals surface area contributed by atoms with E-state index in [9.17, 15) is 23.2 Å². The van der Waals surface area contributed by atoms with Gasteiger partial charge in [-0.25, -0.2) is 0 Å². The monoisotopic (exact) mass is 492 g/mol. The first-order valence-electron chi connectivity index (χ1n) is 7.91. The van der Waals surface area contributed by atoms with E-state index in [4.69, 9.17) is 46.4 Å². The third-order valence-electron chi connectivity index (χ3n) is 4.45. The molecule has 0 aliphatic rings. The van der Waals surface area contributed by atoms with E-state index in [0.717, 1.165) is 0 Å². The van der Waals surface area contributed by atoms with Crippen LogP contribution in [0.1, 0.15) is 16.7 Å². The van der Waals surface area contributed by atoms with Crippen LogP contribution in [-0.4, -0.2) is 23.2 Å². The summed E-state index contributed by atoms with van der Waals surface area (Å²) in [5.41, 5.74) is -0.719. The molecule has 1 atom stereocenters. The Morgan fingerprint density at radius 3 is 1.83 bits per heavy atom. The van der Waals surface area contributed by atoms with Crippen molar-refractivity contribution in [2.45, 2.75) is 4.75 Å². The summed E-state index contributed by atoms with van der Waals surface area (Å²) >= 11 is 24.5. The summed E-state index contributed by atoms with van der Waals surface area (Å²) in [6, 6.07) is 12.2. The molecule has 0 radical (unpaired) electrons. The summed E-state index contributed by atoms with van der Waals surface area (Å²) in [5.74, 6) is -1.22. The molecule has 152 valence electrons. The summed E-state index contributed by atoms with van der Waals surface area (Å²) < 4.78 is 33.9. The zero-order valence-corrected chi connectivity index (χ0v) is 18.1. The average molecular weight is 494 g/mol. The van der Waals surface area contributed by atoms with E-state index in [1.165, 1.54) is 48.5 Å². The Morgan fingerprint density at radius 2 is 1.21 bits per heavy atom. The number of rotatable bonds is 4. The average Bonchev–Trinajstić information content (AvgIpc) is 2.65. The lowest BCUT2D eigenvalue weighted by atomic mass is 9.83. The molecule has 0 saturated carbocycles. The minimum absolute atomic E-state index is 0.0463. The van der Waals surface area contributed by atoms with Crippen LogP contribution in [-0.2, 0) is 14.9 Å². The molecular formula is C19H12Cl4O5S. The molecule has 3 aromatic rings. The van der Waals surface area contributed by atoms with Crippen LogP contribution in [0.2, 0.25) is 20.1 Å². The minimum atomic E-state index is -5.14. The number of phenolic OH excluding ortho intramolecular Hbond substituents is 2. The smallest absolute Gasteiger partial charge is 0.283 e. The summed E-state index contributed by atoms with van der Waals surface area (Å²) in [6.45, 7) is 0. The van der Waals surface area contributed by atoms with E-state index < -0.39 is 31.4 Å². The second-order valence-corrected chi connectivity index (χ2v) is 9.19. The molecule has 0 amide bonds. The van der Waals surface area contributed by atoms with E-state index >= 15 is 0 Å². The molecule has 0 aliphatic heterocycles. The van der Waals surface area contributed by atoms with Crippen LogP contribution in [0.5, 0.6) is 11.5 Å². The molecule has 0 aliphatic carbocycles. The first kappa shape index (κ1) is 22.0. The number of benzene rings is 3. The van der Waals surface area contributed by atoms with Gasteiger partial charge in [-0.3, -0.25) is 4.55 Å². The molecule has 0 spiro atoms. The molecule has 3 rings (SSSR count). The third kappa shape index (κ3) is 3.44. The van der Waals surface area contributed by atoms with Gasteiger partial charge in [0, 0.05) is 21.7 Å². The first-order valence-corrected chi connectivity index (χ1v) is 10.9. The Hall–Kier alpha value is -1.67. The van der Waals surface area contributed by atoms with Gasteiger partial charge in [0.15, 0.2) is 10.5 Å². The summed E-state index contributed by atoms with van der Waals surface area (Å²) in [4.78, 5) is 0. The Labute approximate surface area is 186 Å². The van der Waals surface area contributed by atoms with Gasteiger partial charge in [-0.05, 0) is 18.2 Å². The lowest BCUT2D eigenvalue weighted by Gasteiger charge is -2.34. The van der Waals surface area contributed by atoms with Crippen LogP contribution in [0, 0.1) is 0 Å². The van der Waals surface area contributed by atoms with Gasteiger partial charge in [-0.15, -0.1) is 0 Å². The van der Waals surface area contributed by atoms with Crippen LogP contribution in [0.3, 0.4) is 0 Å². The predicted molar refractivity (Wildman–Crippen MR) is 114 cm³/mol. The van der Waals surface area contributed by atoms with Crippen molar-refractivity contribution in [2.75, 3.05) is 0 Å². The standard InChI is InChI=1S/C19H12Cl4O5S/c20-13-6-2-1-4-10(13)19(29(26,27)28,12-5-3-7-14(21)17(12)24)11-8-9-15(22)18(25)16(11)23/h1-9,24-25H,(H,26,27,28). The van der Waals surface area contributed by atoms with Crippen molar-refractivity contribution in [3.8, 4) is 11.5 Å². The van der Waals surface area contributed by atoms with Gasteiger partial charge < -0.3 is 10.2 Å². The lowest BCUT2D eigenvalue weighted by molar-refractivity contribution is 0.439.